The van der Waals surface area contributed by atoms with Crippen molar-refractivity contribution in [3.63, 3.8) is 0 Å². The molecule has 110 valence electrons. The van der Waals surface area contributed by atoms with E-state index in [0.29, 0.717) is 24.0 Å². The lowest BCUT2D eigenvalue weighted by molar-refractivity contribution is 0.0701. The zero-order valence-corrected chi connectivity index (χ0v) is 12.4. The second-order valence-corrected chi connectivity index (χ2v) is 5.05. The monoisotopic (exact) mass is 276 g/mol. The van der Waals surface area contributed by atoms with Crippen LogP contribution < -0.4 is 10.1 Å². The van der Waals surface area contributed by atoms with Crippen LogP contribution in [0.5, 0.6) is 5.75 Å². The van der Waals surface area contributed by atoms with Gasteiger partial charge in [-0.1, -0.05) is 19.1 Å². The highest BCUT2D eigenvalue weighted by molar-refractivity contribution is 5.97. The van der Waals surface area contributed by atoms with Crippen molar-refractivity contribution < 1.29 is 9.53 Å². The van der Waals surface area contributed by atoms with E-state index >= 15 is 0 Å². The Hall–Kier alpha value is -1.55. The summed E-state index contributed by atoms with van der Waals surface area (Å²) < 4.78 is 5.55. The molecule has 1 aliphatic rings. The van der Waals surface area contributed by atoms with Crippen LogP contribution in [0.2, 0.25) is 0 Å². The number of ether oxygens (including phenoxy) is 1. The van der Waals surface area contributed by atoms with Crippen LogP contribution in [0.4, 0.5) is 0 Å². The van der Waals surface area contributed by atoms with Gasteiger partial charge in [-0.3, -0.25) is 4.79 Å². The first-order chi connectivity index (χ1) is 9.76. The number of hydrogen-bond acceptors (Lipinski definition) is 3. The van der Waals surface area contributed by atoms with Crippen LogP contribution in [0.1, 0.15) is 37.0 Å². The molecule has 1 N–H and O–H groups in total. The number of benzene rings is 1. The zero-order chi connectivity index (χ0) is 14.4. The van der Waals surface area contributed by atoms with E-state index in [1.807, 2.05) is 36.1 Å². The molecule has 4 heteroatoms. The second-order valence-electron chi connectivity index (χ2n) is 5.05. The average Bonchev–Trinajstić information content (AvgIpc) is 2.49. The third-order valence-corrected chi connectivity index (χ3v) is 3.69. The number of para-hydroxylation sites is 1. The number of amides is 1. The van der Waals surface area contributed by atoms with E-state index in [0.717, 1.165) is 32.5 Å². The fourth-order valence-electron chi connectivity index (χ4n) is 2.67. The van der Waals surface area contributed by atoms with Gasteiger partial charge in [-0.25, -0.2) is 0 Å². The van der Waals surface area contributed by atoms with Gasteiger partial charge in [0, 0.05) is 19.1 Å². The molecule has 0 aromatic heterocycles. The predicted molar refractivity (Wildman–Crippen MR) is 80.2 cm³/mol. The Morgan fingerprint density at radius 2 is 2.00 bits per heavy atom. The summed E-state index contributed by atoms with van der Waals surface area (Å²) in [6.45, 7) is 7.26. The van der Waals surface area contributed by atoms with Gasteiger partial charge in [0.15, 0.2) is 0 Å². The molecule has 1 heterocycles. The summed E-state index contributed by atoms with van der Waals surface area (Å²) in [5, 5.41) is 3.45. The van der Waals surface area contributed by atoms with E-state index in [2.05, 4.69) is 12.2 Å². The maximum atomic E-state index is 12.6. The third kappa shape index (κ3) is 3.51. The standard InChI is InChI=1S/C16H24N2O2/c1-3-17-13-9-11-18(12-10-13)16(19)14-7-5-6-8-15(14)20-4-2/h5-8,13,17H,3-4,9-12H2,1-2H3. The van der Waals surface area contributed by atoms with Crippen molar-refractivity contribution in [2.75, 3.05) is 26.2 Å². The molecule has 0 atom stereocenters. The number of carbonyl (C=O) groups excluding carboxylic acids is 1. The van der Waals surface area contributed by atoms with E-state index in [-0.39, 0.29) is 5.91 Å². The van der Waals surface area contributed by atoms with Gasteiger partial charge in [-0.15, -0.1) is 0 Å². The van der Waals surface area contributed by atoms with Crippen molar-refractivity contribution >= 4 is 5.91 Å². The summed E-state index contributed by atoms with van der Waals surface area (Å²) in [4.78, 5) is 14.5. The fourth-order valence-corrected chi connectivity index (χ4v) is 2.67. The largest absolute Gasteiger partial charge is 0.493 e. The summed E-state index contributed by atoms with van der Waals surface area (Å²) in [5.41, 5.74) is 0.677. The quantitative estimate of drug-likeness (QED) is 0.897. The molecule has 0 unspecified atom stereocenters. The van der Waals surface area contributed by atoms with Gasteiger partial charge in [0.2, 0.25) is 0 Å². The van der Waals surface area contributed by atoms with Gasteiger partial charge in [0.25, 0.3) is 5.91 Å². The molecule has 1 saturated heterocycles. The normalized spacial score (nSPS) is 16.2. The molecule has 1 aromatic carbocycles. The predicted octanol–water partition coefficient (Wildman–Crippen LogP) is 2.30. The lowest BCUT2D eigenvalue weighted by Gasteiger charge is -2.32. The van der Waals surface area contributed by atoms with Crippen LogP contribution in [0, 0.1) is 0 Å². The fraction of sp³-hybridized carbons (Fsp3) is 0.562. The number of nitrogens with zero attached hydrogens (tertiary/aromatic N) is 1. The van der Waals surface area contributed by atoms with Gasteiger partial charge in [0.1, 0.15) is 5.75 Å². The minimum Gasteiger partial charge on any atom is -0.493 e. The van der Waals surface area contributed by atoms with Crippen molar-refractivity contribution in [1.29, 1.82) is 0 Å². The van der Waals surface area contributed by atoms with E-state index in [9.17, 15) is 4.79 Å². The molecule has 1 fully saturated rings. The van der Waals surface area contributed by atoms with Crippen LogP contribution in [-0.2, 0) is 0 Å². The molecule has 2 rings (SSSR count). The summed E-state index contributed by atoms with van der Waals surface area (Å²) in [7, 11) is 0. The lowest BCUT2D eigenvalue weighted by Crippen LogP contribution is -2.44. The second kappa shape index (κ2) is 7.29. The summed E-state index contributed by atoms with van der Waals surface area (Å²) in [6.07, 6.45) is 2.05. The molecule has 0 bridgehead atoms. The van der Waals surface area contributed by atoms with Crippen molar-refractivity contribution in [3.05, 3.63) is 29.8 Å². The minimum atomic E-state index is 0.0870. The molecular weight excluding hydrogens is 252 g/mol. The first kappa shape index (κ1) is 14.9. The van der Waals surface area contributed by atoms with Crippen molar-refractivity contribution in [2.45, 2.75) is 32.7 Å². The maximum Gasteiger partial charge on any atom is 0.257 e. The lowest BCUT2D eigenvalue weighted by atomic mass is 10.0. The van der Waals surface area contributed by atoms with Gasteiger partial charge in [-0.2, -0.15) is 0 Å². The summed E-state index contributed by atoms with van der Waals surface area (Å²) in [6, 6.07) is 8.05. The molecule has 1 aliphatic heterocycles. The topological polar surface area (TPSA) is 41.6 Å². The van der Waals surface area contributed by atoms with Gasteiger partial charge in [-0.05, 0) is 38.4 Å². The van der Waals surface area contributed by atoms with Crippen molar-refractivity contribution in [1.82, 2.24) is 10.2 Å². The number of nitrogens with one attached hydrogen (secondary N) is 1. The van der Waals surface area contributed by atoms with Crippen LogP contribution >= 0.6 is 0 Å². The molecule has 1 amide bonds. The highest BCUT2D eigenvalue weighted by Crippen LogP contribution is 2.22. The minimum absolute atomic E-state index is 0.0870. The Morgan fingerprint density at radius 1 is 1.30 bits per heavy atom. The number of carbonyl (C=O) groups is 1. The van der Waals surface area contributed by atoms with E-state index in [1.165, 1.54) is 0 Å². The number of hydrogen-bond donors (Lipinski definition) is 1. The van der Waals surface area contributed by atoms with E-state index < -0.39 is 0 Å². The first-order valence-electron chi connectivity index (χ1n) is 7.50. The third-order valence-electron chi connectivity index (χ3n) is 3.69. The molecule has 0 saturated carbocycles. The maximum absolute atomic E-state index is 12.6. The van der Waals surface area contributed by atoms with E-state index in [1.54, 1.807) is 0 Å². The van der Waals surface area contributed by atoms with Crippen molar-refractivity contribution in [3.8, 4) is 5.75 Å². The molecule has 1 aromatic rings. The molecule has 0 radical (unpaired) electrons. The summed E-state index contributed by atoms with van der Waals surface area (Å²) >= 11 is 0. The average molecular weight is 276 g/mol. The van der Waals surface area contributed by atoms with Crippen LogP contribution in [0.15, 0.2) is 24.3 Å². The van der Waals surface area contributed by atoms with Gasteiger partial charge < -0.3 is 15.0 Å². The number of likely N-dealkylation sites (tertiary alicyclic amines) is 1. The molecule has 0 spiro atoms. The first-order valence-corrected chi connectivity index (χ1v) is 7.50. The Bertz CT molecular complexity index is 440. The SMILES string of the molecule is CCNC1CCN(C(=O)c2ccccc2OCC)CC1. The summed E-state index contributed by atoms with van der Waals surface area (Å²) in [5.74, 6) is 0.776. The Morgan fingerprint density at radius 3 is 2.65 bits per heavy atom. The Labute approximate surface area is 121 Å². The van der Waals surface area contributed by atoms with Crippen LogP contribution in [0.3, 0.4) is 0 Å². The highest BCUT2D eigenvalue weighted by atomic mass is 16.5. The van der Waals surface area contributed by atoms with Gasteiger partial charge >= 0.3 is 0 Å². The number of piperidine rings is 1. The smallest absolute Gasteiger partial charge is 0.257 e. The zero-order valence-electron chi connectivity index (χ0n) is 12.4. The Kier molecular flexibility index (Phi) is 5.41. The van der Waals surface area contributed by atoms with E-state index in [4.69, 9.17) is 4.74 Å². The highest BCUT2D eigenvalue weighted by Gasteiger charge is 2.24. The molecular formula is C16H24N2O2. The van der Waals surface area contributed by atoms with Gasteiger partial charge in [0.05, 0.1) is 12.2 Å². The van der Waals surface area contributed by atoms with Crippen LogP contribution in [0.25, 0.3) is 0 Å². The molecule has 20 heavy (non-hydrogen) atoms. The Balaban J connectivity index is 2.02. The van der Waals surface area contributed by atoms with Crippen LogP contribution in [-0.4, -0.2) is 43.1 Å². The number of rotatable bonds is 5. The molecule has 0 aliphatic carbocycles. The van der Waals surface area contributed by atoms with Crippen molar-refractivity contribution in [2.24, 2.45) is 0 Å². The molecule has 4 nitrogen and oxygen atoms in total.